The van der Waals surface area contributed by atoms with E-state index in [2.05, 4.69) is 41.5 Å². The second kappa shape index (κ2) is 3.14. The zero-order valence-corrected chi connectivity index (χ0v) is 12.4. The fourth-order valence-corrected chi connectivity index (χ4v) is 4.02. The van der Waals surface area contributed by atoms with E-state index in [0.717, 1.165) is 12.1 Å². The topological polar surface area (TPSA) is 32.6 Å². The summed E-state index contributed by atoms with van der Waals surface area (Å²) in [4.78, 5) is 4.85. The first-order valence-electron chi connectivity index (χ1n) is 6.76. The Hall–Kier alpha value is -0.370. The predicted molar refractivity (Wildman–Crippen MR) is 72.4 cm³/mol. The summed E-state index contributed by atoms with van der Waals surface area (Å²) in [7, 11) is 0. The van der Waals surface area contributed by atoms with Crippen molar-refractivity contribution < 1.29 is 5.11 Å². The molecule has 2 fully saturated rings. The van der Waals surface area contributed by atoms with Crippen molar-refractivity contribution in [3.63, 3.8) is 0 Å². The van der Waals surface area contributed by atoms with E-state index in [1.807, 2.05) is 6.92 Å². The van der Waals surface area contributed by atoms with Gasteiger partial charge < -0.3 is 5.11 Å². The van der Waals surface area contributed by atoms with Gasteiger partial charge in [-0.15, -0.1) is 0 Å². The molecule has 17 heavy (non-hydrogen) atoms. The maximum atomic E-state index is 11.0. The van der Waals surface area contributed by atoms with Gasteiger partial charge in [0.25, 0.3) is 0 Å². The van der Waals surface area contributed by atoms with Crippen LogP contribution in [0.25, 0.3) is 0 Å². The van der Waals surface area contributed by atoms with E-state index < -0.39 is 5.60 Å². The second-order valence-corrected chi connectivity index (χ2v) is 7.89. The molecule has 0 spiro atoms. The zero-order valence-electron chi connectivity index (χ0n) is 12.4. The summed E-state index contributed by atoms with van der Waals surface area (Å²) in [5, 5.41) is 11.0. The second-order valence-electron chi connectivity index (χ2n) is 7.89. The number of hydrogen-bond acceptors (Lipinski definition) is 2. The maximum Gasteiger partial charge on any atom is 0.106 e. The summed E-state index contributed by atoms with van der Waals surface area (Å²) in [6.07, 6.45) is 2.29. The van der Waals surface area contributed by atoms with Gasteiger partial charge in [0.1, 0.15) is 5.60 Å². The van der Waals surface area contributed by atoms with Crippen LogP contribution in [-0.4, -0.2) is 22.0 Å². The van der Waals surface area contributed by atoms with Crippen LogP contribution >= 0.6 is 0 Å². The monoisotopic (exact) mass is 237 g/mol. The normalized spacial score (nSPS) is 46.8. The van der Waals surface area contributed by atoms with Crippen molar-refractivity contribution in [1.82, 2.24) is 0 Å². The van der Waals surface area contributed by atoms with Crippen molar-refractivity contribution in [2.24, 2.45) is 21.7 Å². The van der Waals surface area contributed by atoms with Gasteiger partial charge >= 0.3 is 0 Å². The highest BCUT2D eigenvalue weighted by Crippen LogP contribution is 2.68. The van der Waals surface area contributed by atoms with Crippen LogP contribution in [0.1, 0.15) is 61.3 Å². The summed E-state index contributed by atoms with van der Waals surface area (Å²) in [6.45, 7) is 15.1. The molecule has 2 nitrogen and oxygen atoms in total. The van der Waals surface area contributed by atoms with Crippen molar-refractivity contribution >= 4 is 5.71 Å². The van der Waals surface area contributed by atoms with Gasteiger partial charge in [0.2, 0.25) is 0 Å². The Morgan fingerprint density at radius 2 is 1.71 bits per heavy atom. The van der Waals surface area contributed by atoms with Crippen LogP contribution in [0.15, 0.2) is 4.99 Å². The van der Waals surface area contributed by atoms with Gasteiger partial charge in [-0.05, 0) is 46.0 Å². The predicted octanol–water partition coefficient (Wildman–Crippen LogP) is 3.43. The Labute approximate surface area is 106 Å². The van der Waals surface area contributed by atoms with Crippen molar-refractivity contribution in [2.45, 2.75) is 72.4 Å². The van der Waals surface area contributed by atoms with Gasteiger partial charge in [0.15, 0.2) is 0 Å². The molecule has 98 valence electrons. The molecule has 2 bridgehead atoms. The lowest BCUT2D eigenvalue weighted by atomic mass is 9.65. The van der Waals surface area contributed by atoms with E-state index in [9.17, 15) is 5.11 Å². The highest BCUT2D eigenvalue weighted by Gasteiger charge is 2.70. The van der Waals surface area contributed by atoms with E-state index in [1.54, 1.807) is 0 Å². The van der Waals surface area contributed by atoms with Gasteiger partial charge in [0.05, 0.1) is 5.54 Å². The van der Waals surface area contributed by atoms with Crippen LogP contribution in [0.4, 0.5) is 0 Å². The molecule has 0 unspecified atom stereocenters. The molecule has 2 aliphatic rings. The average molecular weight is 237 g/mol. The number of fused-ring (bicyclic) bond motifs is 2. The van der Waals surface area contributed by atoms with Crippen LogP contribution in [0.5, 0.6) is 0 Å². The molecular weight excluding hydrogens is 210 g/mol. The highest BCUT2D eigenvalue weighted by molar-refractivity contribution is 5.99. The molecule has 0 aliphatic heterocycles. The summed E-state index contributed by atoms with van der Waals surface area (Å²) >= 11 is 0. The first-order valence-corrected chi connectivity index (χ1v) is 6.76. The molecule has 0 heterocycles. The van der Waals surface area contributed by atoms with Crippen LogP contribution < -0.4 is 0 Å². The van der Waals surface area contributed by atoms with Crippen LogP contribution in [0, 0.1) is 16.7 Å². The van der Waals surface area contributed by atoms with Crippen molar-refractivity contribution in [3.05, 3.63) is 0 Å². The first-order chi connectivity index (χ1) is 7.43. The number of rotatable bonds is 0. The largest absolute Gasteiger partial charge is 0.384 e. The Morgan fingerprint density at radius 1 is 1.18 bits per heavy atom. The highest BCUT2D eigenvalue weighted by atomic mass is 16.3. The van der Waals surface area contributed by atoms with Gasteiger partial charge in [0, 0.05) is 17.0 Å². The quantitative estimate of drug-likeness (QED) is 0.688. The fraction of sp³-hybridized carbons (Fsp3) is 0.933. The molecule has 0 radical (unpaired) electrons. The summed E-state index contributed by atoms with van der Waals surface area (Å²) < 4.78 is 0. The molecule has 2 aliphatic carbocycles. The Balaban J connectivity index is 2.56. The lowest BCUT2D eigenvalue weighted by molar-refractivity contribution is -0.0394. The minimum Gasteiger partial charge on any atom is -0.384 e. The van der Waals surface area contributed by atoms with E-state index in [-0.39, 0.29) is 16.4 Å². The van der Waals surface area contributed by atoms with Crippen LogP contribution in [0.2, 0.25) is 0 Å². The molecule has 2 rings (SSSR count). The molecule has 3 atom stereocenters. The molecule has 0 amide bonds. The van der Waals surface area contributed by atoms with Crippen molar-refractivity contribution in [3.8, 4) is 0 Å². The summed E-state index contributed by atoms with van der Waals surface area (Å²) in [5.74, 6) is 0.446. The average Bonchev–Trinajstić information content (AvgIpc) is 2.38. The Morgan fingerprint density at radius 3 is 2.06 bits per heavy atom. The molecular formula is C15H27NO. The van der Waals surface area contributed by atoms with Crippen molar-refractivity contribution in [1.29, 1.82) is 0 Å². The van der Waals surface area contributed by atoms with Gasteiger partial charge in [-0.2, -0.15) is 0 Å². The molecule has 2 saturated carbocycles. The maximum absolute atomic E-state index is 11.0. The van der Waals surface area contributed by atoms with E-state index >= 15 is 0 Å². The van der Waals surface area contributed by atoms with Gasteiger partial charge in [-0.25, -0.2) is 0 Å². The molecule has 0 aromatic rings. The first kappa shape index (κ1) is 13.1. The minimum absolute atomic E-state index is 0.0330. The van der Waals surface area contributed by atoms with Crippen LogP contribution in [-0.2, 0) is 0 Å². The molecule has 2 heteroatoms. The SMILES string of the molecule is CC(C)(C)N=C1[C@H]2CC[C@](C)(C2(C)C)[C@]1(C)O. The van der Waals surface area contributed by atoms with E-state index in [4.69, 9.17) is 4.99 Å². The number of aliphatic imine (C=N–C) groups is 1. The third-order valence-corrected chi connectivity index (χ3v) is 5.59. The number of hydrogen-bond donors (Lipinski definition) is 1. The summed E-state index contributed by atoms with van der Waals surface area (Å²) in [6, 6.07) is 0. The lowest BCUT2D eigenvalue weighted by Gasteiger charge is -2.43. The third-order valence-electron chi connectivity index (χ3n) is 5.59. The zero-order chi connectivity index (χ0) is 13.3. The van der Waals surface area contributed by atoms with E-state index in [1.165, 1.54) is 6.42 Å². The molecule has 0 aromatic carbocycles. The van der Waals surface area contributed by atoms with Gasteiger partial charge in [-0.3, -0.25) is 4.99 Å². The Bertz CT molecular complexity index is 373. The Kier molecular flexibility index (Phi) is 2.42. The molecule has 0 aromatic heterocycles. The third kappa shape index (κ3) is 1.46. The summed E-state index contributed by atoms with van der Waals surface area (Å²) in [5.41, 5.74) is 0.321. The van der Waals surface area contributed by atoms with Gasteiger partial charge in [-0.1, -0.05) is 20.8 Å². The number of nitrogens with zero attached hydrogens (tertiary/aromatic N) is 1. The smallest absolute Gasteiger partial charge is 0.106 e. The van der Waals surface area contributed by atoms with E-state index in [0.29, 0.717) is 5.92 Å². The minimum atomic E-state index is -0.743. The molecule has 0 saturated heterocycles. The standard InChI is InChI=1S/C15H27NO/c1-12(2,3)16-11-10-8-9-14(6,13(10,4)5)15(11,7)17/h10,17H,8-9H2,1-7H3/t10-,14-,15-/m1/s1. The fourth-order valence-electron chi connectivity index (χ4n) is 4.02. The lowest BCUT2D eigenvalue weighted by Crippen LogP contribution is -2.49. The van der Waals surface area contributed by atoms with Crippen LogP contribution in [0.3, 0.4) is 0 Å². The number of aliphatic hydroxyl groups is 1. The molecule has 1 N–H and O–H groups in total. The van der Waals surface area contributed by atoms with Crippen molar-refractivity contribution in [2.75, 3.05) is 0 Å².